The van der Waals surface area contributed by atoms with Crippen molar-refractivity contribution in [2.45, 2.75) is 13.5 Å². The van der Waals surface area contributed by atoms with E-state index in [4.69, 9.17) is 5.26 Å². The Balaban J connectivity index is 2.13. The zero-order valence-electron chi connectivity index (χ0n) is 12.4. The lowest BCUT2D eigenvalue weighted by molar-refractivity contribution is 0.856. The number of benzene rings is 1. The van der Waals surface area contributed by atoms with Crippen LogP contribution in [0.2, 0.25) is 0 Å². The summed E-state index contributed by atoms with van der Waals surface area (Å²) in [4.78, 5) is 2.08. The first kappa shape index (κ1) is 14.0. The van der Waals surface area contributed by atoms with Crippen molar-refractivity contribution >= 4 is 11.4 Å². The first-order valence-electron chi connectivity index (χ1n) is 6.59. The van der Waals surface area contributed by atoms with E-state index in [0.29, 0.717) is 5.69 Å². The highest BCUT2D eigenvalue weighted by Crippen LogP contribution is 2.19. The molecule has 0 unspecified atom stereocenters. The molecule has 0 spiro atoms. The predicted octanol–water partition coefficient (Wildman–Crippen LogP) is 2.88. The molecule has 104 valence electrons. The van der Waals surface area contributed by atoms with Crippen LogP contribution in [0.15, 0.2) is 30.3 Å². The molecule has 0 atom stereocenters. The summed E-state index contributed by atoms with van der Waals surface area (Å²) in [5.41, 5.74) is 5.22. The van der Waals surface area contributed by atoms with Gasteiger partial charge in [0.25, 0.3) is 0 Å². The average molecular weight is 268 g/mol. The second-order valence-corrected chi connectivity index (χ2v) is 5.11. The molecule has 0 bridgehead atoms. The van der Waals surface area contributed by atoms with E-state index in [1.54, 1.807) is 0 Å². The van der Waals surface area contributed by atoms with Crippen LogP contribution in [0.1, 0.15) is 17.0 Å². The molecule has 2 rings (SSSR count). The van der Waals surface area contributed by atoms with Gasteiger partial charge in [0, 0.05) is 44.8 Å². The van der Waals surface area contributed by atoms with Gasteiger partial charge in [-0.3, -0.25) is 0 Å². The van der Waals surface area contributed by atoms with Crippen molar-refractivity contribution in [3.63, 3.8) is 0 Å². The van der Waals surface area contributed by atoms with Crippen LogP contribution in [-0.2, 0) is 13.6 Å². The van der Waals surface area contributed by atoms with E-state index >= 15 is 0 Å². The van der Waals surface area contributed by atoms with Gasteiger partial charge in [0.15, 0.2) is 0 Å². The Hall–Kier alpha value is -2.41. The van der Waals surface area contributed by atoms with Gasteiger partial charge >= 0.3 is 0 Å². The molecule has 0 saturated heterocycles. The maximum absolute atomic E-state index is 9.04. The molecule has 0 radical (unpaired) electrons. The van der Waals surface area contributed by atoms with Crippen LogP contribution in [0.4, 0.5) is 11.4 Å². The molecule has 20 heavy (non-hydrogen) atoms. The van der Waals surface area contributed by atoms with E-state index < -0.39 is 0 Å². The Labute approximate surface area is 120 Å². The zero-order chi connectivity index (χ0) is 14.7. The van der Waals surface area contributed by atoms with Gasteiger partial charge in [-0.2, -0.15) is 5.26 Å². The third-order valence-electron chi connectivity index (χ3n) is 3.60. The van der Waals surface area contributed by atoms with E-state index in [2.05, 4.69) is 34.5 Å². The fourth-order valence-corrected chi connectivity index (χ4v) is 2.14. The van der Waals surface area contributed by atoms with Gasteiger partial charge in [-0.25, -0.2) is 0 Å². The van der Waals surface area contributed by atoms with E-state index in [-0.39, 0.29) is 0 Å². The summed E-state index contributed by atoms with van der Waals surface area (Å²) in [5, 5.41) is 12.5. The molecule has 1 aromatic carbocycles. The molecule has 4 nitrogen and oxygen atoms in total. The van der Waals surface area contributed by atoms with Gasteiger partial charge in [0.05, 0.1) is 0 Å². The molecule has 0 fully saturated rings. The second kappa shape index (κ2) is 5.70. The van der Waals surface area contributed by atoms with Crippen molar-refractivity contribution in [3.8, 4) is 6.07 Å². The summed E-state index contributed by atoms with van der Waals surface area (Å²) in [5.74, 6) is 0. The number of nitrogens with zero attached hydrogens (tertiary/aromatic N) is 3. The molecule has 4 heteroatoms. The SMILES string of the molecule is Cc1c(CNc2cccc(N(C)C)c2)cc(C#N)n1C. The quantitative estimate of drug-likeness (QED) is 0.927. The van der Waals surface area contributed by atoms with Crippen molar-refractivity contribution in [3.05, 3.63) is 47.3 Å². The summed E-state index contributed by atoms with van der Waals surface area (Å²) < 4.78 is 1.92. The Morgan fingerprint density at radius 3 is 2.65 bits per heavy atom. The molecule has 1 aromatic heterocycles. The van der Waals surface area contributed by atoms with Crippen molar-refractivity contribution in [2.24, 2.45) is 7.05 Å². The number of hydrogen-bond acceptors (Lipinski definition) is 3. The average Bonchev–Trinajstić information content (AvgIpc) is 2.73. The van der Waals surface area contributed by atoms with Crippen molar-refractivity contribution in [1.82, 2.24) is 4.57 Å². The van der Waals surface area contributed by atoms with E-state index in [0.717, 1.165) is 29.2 Å². The molecule has 0 aliphatic carbocycles. The first-order chi connectivity index (χ1) is 9.52. The smallest absolute Gasteiger partial charge is 0.120 e. The number of nitrogens with one attached hydrogen (secondary N) is 1. The second-order valence-electron chi connectivity index (χ2n) is 5.11. The summed E-state index contributed by atoms with van der Waals surface area (Å²) in [7, 11) is 5.98. The summed E-state index contributed by atoms with van der Waals surface area (Å²) in [6.07, 6.45) is 0. The highest BCUT2D eigenvalue weighted by Gasteiger charge is 2.08. The molecule has 0 aliphatic rings. The lowest BCUT2D eigenvalue weighted by atomic mass is 10.2. The first-order valence-corrected chi connectivity index (χ1v) is 6.59. The van der Waals surface area contributed by atoms with Crippen LogP contribution in [0, 0.1) is 18.3 Å². The molecule has 2 aromatic rings. The van der Waals surface area contributed by atoms with Gasteiger partial charge < -0.3 is 14.8 Å². The molecule has 1 N–H and O–H groups in total. The molecule has 1 heterocycles. The summed E-state index contributed by atoms with van der Waals surface area (Å²) >= 11 is 0. The van der Waals surface area contributed by atoms with Crippen molar-refractivity contribution in [2.75, 3.05) is 24.3 Å². The Kier molecular flexibility index (Phi) is 3.99. The summed E-state index contributed by atoms with van der Waals surface area (Å²) in [6.45, 7) is 2.76. The Bertz CT molecular complexity index is 647. The van der Waals surface area contributed by atoms with Crippen LogP contribution >= 0.6 is 0 Å². The Morgan fingerprint density at radius 1 is 1.30 bits per heavy atom. The van der Waals surface area contributed by atoms with Gasteiger partial charge in [0.1, 0.15) is 11.8 Å². The van der Waals surface area contributed by atoms with Crippen LogP contribution < -0.4 is 10.2 Å². The maximum Gasteiger partial charge on any atom is 0.120 e. The highest BCUT2D eigenvalue weighted by atomic mass is 15.1. The molecule has 0 amide bonds. The molecule has 0 aliphatic heterocycles. The minimum atomic E-state index is 0.696. The van der Waals surface area contributed by atoms with E-state index in [1.807, 2.05) is 44.8 Å². The van der Waals surface area contributed by atoms with Crippen LogP contribution in [0.5, 0.6) is 0 Å². The minimum absolute atomic E-state index is 0.696. The molecule has 0 saturated carbocycles. The van der Waals surface area contributed by atoms with E-state index in [1.165, 1.54) is 0 Å². The van der Waals surface area contributed by atoms with Crippen LogP contribution in [0.25, 0.3) is 0 Å². The minimum Gasteiger partial charge on any atom is -0.381 e. The standard InChI is InChI=1S/C16H20N4/c1-12-13(8-16(10-17)20(12)4)11-18-14-6-5-7-15(9-14)19(2)3/h5-9,18H,11H2,1-4H3. The van der Waals surface area contributed by atoms with Crippen LogP contribution in [0.3, 0.4) is 0 Å². The number of rotatable bonds is 4. The molecular formula is C16H20N4. The van der Waals surface area contributed by atoms with Crippen LogP contribution in [-0.4, -0.2) is 18.7 Å². The predicted molar refractivity (Wildman–Crippen MR) is 83.0 cm³/mol. The van der Waals surface area contributed by atoms with Gasteiger partial charge in [-0.05, 0) is 36.8 Å². The van der Waals surface area contributed by atoms with Gasteiger partial charge in [0.2, 0.25) is 0 Å². The van der Waals surface area contributed by atoms with Gasteiger partial charge in [-0.15, -0.1) is 0 Å². The van der Waals surface area contributed by atoms with Crippen molar-refractivity contribution < 1.29 is 0 Å². The topological polar surface area (TPSA) is 44.0 Å². The third-order valence-corrected chi connectivity index (χ3v) is 3.60. The maximum atomic E-state index is 9.04. The highest BCUT2D eigenvalue weighted by molar-refractivity contribution is 5.57. The zero-order valence-corrected chi connectivity index (χ0v) is 12.4. The normalized spacial score (nSPS) is 10.2. The number of nitriles is 1. The lowest BCUT2D eigenvalue weighted by Gasteiger charge is -2.14. The van der Waals surface area contributed by atoms with E-state index in [9.17, 15) is 0 Å². The lowest BCUT2D eigenvalue weighted by Crippen LogP contribution is -2.09. The summed E-state index contributed by atoms with van der Waals surface area (Å²) in [6, 6.07) is 12.4. The number of aromatic nitrogens is 1. The largest absolute Gasteiger partial charge is 0.381 e. The molecular weight excluding hydrogens is 248 g/mol. The fourth-order valence-electron chi connectivity index (χ4n) is 2.14. The van der Waals surface area contributed by atoms with Gasteiger partial charge in [-0.1, -0.05) is 6.07 Å². The fraction of sp³-hybridized carbons (Fsp3) is 0.312. The Morgan fingerprint density at radius 2 is 2.05 bits per heavy atom. The number of hydrogen-bond donors (Lipinski definition) is 1. The van der Waals surface area contributed by atoms with Crippen molar-refractivity contribution in [1.29, 1.82) is 5.26 Å². The monoisotopic (exact) mass is 268 g/mol. The third kappa shape index (κ3) is 2.77. The number of anilines is 2.